The maximum Gasteiger partial charge on any atom is 0.252 e. The number of rotatable bonds is 4. The van der Waals surface area contributed by atoms with Crippen LogP contribution in [0.4, 0.5) is 0 Å². The number of likely N-dealkylation sites (N-methyl/N-ethyl adjacent to an activating group) is 1. The molecule has 98 valence electrons. The first-order valence-electron chi connectivity index (χ1n) is 6.23. The minimum atomic E-state index is -0.336. The summed E-state index contributed by atoms with van der Waals surface area (Å²) in [4.78, 5) is 17.9. The Morgan fingerprint density at radius 2 is 2.56 bits per heavy atom. The van der Waals surface area contributed by atoms with Crippen LogP contribution >= 0.6 is 0 Å². The molecule has 0 bridgehead atoms. The number of carbonyl (C=O) groups is 1. The predicted octanol–water partition coefficient (Wildman–Crippen LogP) is 0.0709. The average Bonchev–Trinajstić information content (AvgIpc) is 2.46. The molecule has 1 atom stereocenters. The molecule has 5 heteroatoms. The maximum atomic E-state index is 12.1. The number of pyridine rings is 1. The van der Waals surface area contributed by atoms with Gasteiger partial charge in [-0.1, -0.05) is 6.07 Å². The van der Waals surface area contributed by atoms with Crippen LogP contribution in [0.1, 0.15) is 5.56 Å². The molecule has 0 aromatic carbocycles. The molecule has 1 N–H and O–H groups in total. The van der Waals surface area contributed by atoms with Crippen molar-refractivity contribution in [1.29, 1.82) is 0 Å². The van der Waals surface area contributed by atoms with Gasteiger partial charge >= 0.3 is 0 Å². The summed E-state index contributed by atoms with van der Waals surface area (Å²) in [5.41, 5.74) is 1.14. The highest BCUT2D eigenvalue weighted by atomic mass is 16.5. The fraction of sp³-hybridized carbons (Fsp3) is 0.538. The summed E-state index contributed by atoms with van der Waals surface area (Å²) >= 11 is 0. The van der Waals surface area contributed by atoms with Crippen molar-refractivity contribution in [1.82, 2.24) is 15.2 Å². The Balaban J connectivity index is 1.80. The van der Waals surface area contributed by atoms with Crippen molar-refractivity contribution < 1.29 is 9.53 Å². The van der Waals surface area contributed by atoms with Gasteiger partial charge in [0.25, 0.3) is 5.91 Å². The molecule has 1 unspecified atom stereocenters. The quantitative estimate of drug-likeness (QED) is 0.820. The fourth-order valence-corrected chi connectivity index (χ4v) is 1.92. The van der Waals surface area contributed by atoms with E-state index in [0.29, 0.717) is 19.7 Å². The van der Waals surface area contributed by atoms with Gasteiger partial charge in [-0.3, -0.25) is 9.78 Å². The summed E-state index contributed by atoms with van der Waals surface area (Å²) in [6.45, 7) is 2.72. The Labute approximate surface area is 107 Å². The highest BCUT2D eigenvalue weighted by Gasteiger charge is 2.24. The highest BCUT2D eigenvalue weighted by Crippen LogP contribution is 2.03. The van der Waals surface area contributed by atoms with Crippen molar-refractivity contribution in [3.05, 3.63) is 30.1 Å². The van der Waals surface area contributed by atoms with E-state index in [-0.39, 0.29) is 12.0 Å². The summed E-state index contributed by atoms with van der Waals surface area (Å²) in [6.07, 6.45) is 4.06. The number of nitrogens with one attached hydrogen (secondary N) is 1. The molecule has 2 rings (SSSR count). The van der Waals surface area contributed by atoms with E-state index in [2.05, 4.69) is 10.3 Å². The van der Waals surface area contributed by atoms with Crippen molar-refractivity contribution in [3.63, 3.8) is 0 Å². The van der Waals surface area contributed by atoms with Crippen LogP contribution in [-0.2, 0) is 16.0 Å². The molecule has 1 saturated heterocycles. The molecule has 1 aromatic rings. The first-order valence-corrected chi connectivity index (χ1v) is 6.23. The Kier molecular flexibility index (Phi) is 4.66. The van der Waals surface area contributed by atoms with Crippen LogP contribution in [0.5, 0.6) is 0 Å². The molecule has 1 fully saturated rings. The van der Waals surface area contributed by atoms with Crippen molar-refractivity contribution in [2.75, 3.05) is 33.3 Å². The Bertz CT molecular complexity index is 377. The van der Waals surface area contributed by atoms with Gasteiger partial charge in [0.2, 0.25) is 0 Å². The molecule has 0 saturated carbocycles. The van der Waals surface area contributed by atoms with Gasteiger partial charge in [-0.15, -0.1) is 0 Å². The second-order valence-corrected chi connectivity index (χ2v) is 4.43. The van der Waals surface area contributed by atoms with Crippen molar-refractivity contribution >= 4 is 5.91 Å². The average molecular weight is 249 g/mol. The molecule has 2 heterocycles. The third kappa shape index (κ3) is 3.51. The lowest BCUT2D eigenvalue weighted by Crippen LogP contribution is -2.48. The Hall–Kier alpha value is -1.46. The summed E-state index contributed by atoms with van der Waals surface area (Å²) in [6, 6.07) is 3.93. The Morgan fingerprint density at radius 1 is 1.67 bits per heavy atom. The van der Waals surface area contributed by atoms with Crippen molar-refractivity contribution in [3.8, 4) is 0 Å². The number of carbonyl (C=O) groups excluding carboxylic acids is 1. The largest absolute Gasteiger partial charge is 0.366 e. The van der Waals surface area contributed by atoms with Crippen LogP contribution < -0.4 is 5.32 Å². The van der Waals surface area contributed by atoms with E-state index in [1.54, 1.807) is 11.1 Å². The molecule has 0 radical (unpaired) electrons. The normalized spacial score (nSPS) is 19.5. The third-order valence-electron chi connectivity index (χ3n) is 3.04. The zero-order valence-electron chi connectivity index (χ0n) is 10.6. The van der Waals surface area contributed by atoms with Gasteiger partial charge in [0.05, 0.1) is 6.61 Å². The number of nitrogens with zero attached hydrogens (tertiary/aromatic N) is 2. The molecule has 1 aliphatic heterocycles. The summed E-state index contributed by atoms with van der Waals surface area (Å²) in [5, 5.41) is 3.16. The van der Waals surface area contributed by atoms with Crippen LogP contribution in [0.3, 0.4) is 0 Å². The molecular formula is C13H19N3O2. The van der Waals surface area contributed by atoms with Crippen LogP contribution in [0.25, 0.3) is 0 Å². The lowest BCUT2D eigenvalue weighted by molar-refractivity contribution is -0.143. The minimum absolute atomic E-state index is 0.0473. The van der Waals surface area contributed by atoms with Gasteiger partial charge in [0.1, 0.15) is 6.10 Å². The van der Waals surface area contributed by atoms with Gasteiger partial charge in [0.15, 0.2) is 0 Å². The molecule has 1 amide bonds. The minimum Gasteiger partial charge on any atom is -0.366 e. The number of ether oxygens (including phenoxy) is 1. The smallest absolute Gasteiger partial charge is 0.252 e. The van der Waals surface area contributed by atoms with Crippen LogP contribution in [0.15, 0.2) is 24.5 Å². The van der Waals surface area contributed by atoms with E-state index in [1.807, 2.05) is 25.4 Å². The number of aromatic nitrogens is 1. The molecule has 1 aliphatic rings. The molecule has 18 heavy (non-hydrogen) atoms. The Morgan fingerprint density at radius 3 is 3.22 bits per heavy atom. The van der Waals surface area contributed by atoms with Gasteiger partial charge in [0, 0.05) is 39.1 Å². The molecule has 5 nitrogen and oxygen atoms in total. The zero-order chi connectivity index (χ0) is 12.8. The predicted molar refractivity (Wildman–Crippen MR) is 68.2 cm³/mol. The van der Waals surface area contributed by atoms with Gasteiger partial charge in [-0.2, -0.15) is 0 Å². The molecule has 0 aliphatic carbocycles. The second-order valence-electron chi connectivity index (χ2n) is 4.43. The van der Waals surface area contributed by atoms with Crippen LogP contribution in [0.2, 0.25) is 0 Å². The van der Waals surface area contributed by atoms with Crippen molar-refractivity contribution in [2.24, 2.45) is 0 Å². The third-order valence-corrected chi connectivity index (χ3v) is 3.04. The fourth-order valence-electron chi connectivity index (χ4n) is 1.92. The number of morpholine rings is 1. The van der Waals surface area contributed by atoms with E-state index in [4.69, 9.17) is 4.74 Å². The van der Waals surface area contributed by atoms with Crippen LogP contribution in [-0.4, -0.2) is 55.2 Å². The first kappa shape index (κ1) is 13.0. The monoisotopic (exact) mass is 249 g/mol. The topological polar surface area (TPSA) is 54.5 Å². The summed E-state index contributed by atoms with van der Waals surface area (Å²) in [5.74, 6) is 0.0473. The number of hydrogen-bond donors (Lipinski definition) is 1. The highest BCUT2D eigenvalue weighted by molar-refractivity contribution is 5.81. The molecule has 0 spiro atoms. The lowest BCUT2D eigenvalue weighted by atomic mass is 10.2. The van der Waals surface area contributed by atoms with Gasteiger partial charge in [-0.25, -0.2) is 0 Å². The maximum absolute atomic E-state index is 12.1. The lowest BCUT2D eigenvalue weighted by Gasteiger charge is -2.27. The van der Waals surface area contributed by atoms with Gasteiger partial charge in [-0.05, 0) is 18.1 Å². The van der Waals surface area contributed by atoms with Crippen LogP contribution in [0, 0.1) is 0 Å². The van der Waals surface area contributed by atoms with E-state index in [1.165, 1.54) is 0 Å². The summed E-state index contributed by atoms with van der Waals surface area (Å²) < 4.78 is 5.45. The van der Waals surface area contributed by atoms with E-state index >= 15 is 0 Å². The number of amides is 1. The molecular weight excluding hydrogens is 230 g/mol. The number of hydrogen-bond acceptors (Lipinski definition) is 4. The SMILES string of the molecule is CN(CCc1cccnc1)C(=O)C1CNCCO1. The molecule has 1 aromatic heterocycles. The summed E-state index contributed by atoms with van der Waals surface area (Å²) in [7, 11) is 1.82. The second kappa shape index (κ2) is 6.47. The first-order chi connectivity index (χ1) is 8.77. The van der Waals surface area contributed by atoms with E-state index in [0.717, 1.165) is 18.5 Å². The van der Waals surface area contributed by atoms with Gasteiger partial charge < -0.3 is 15.0 Å². The van der Waals surface area contributed by atoms with E-state index in [9.17, 15) is 4.79 Å². The standard InChI is InChI=1S/C13H19N3O2/c1-16(7-4-11-3-2-5-14-9-11)13(17)12-10-15-6-8-18-12/h2-3,5,9,12,15H,4,6-8,10H2,1H3. The van der Waals surface area contributed by atoms with Crippen molar-refractivity contribution in [2.45, 2.75) is 12.5 Å². The van der Waals surface area contributed by atoms with E-state index < -0.39 is 0 Å². The zero-order valence-corrected chi connectivity index (χ0v) is 10.6.